The molecule has 0 saturated carbocycles. The van der Waals surface area contributed by atoms with Crippen molar-refractivity contribution in [3.63, 3.8) is 0 Å². The first-order valence-corrected chi connectivity index (χ1v) is 7.03. The first-order chi connectivity index (χ1) is 8.23. The Morgan fingerprint density at radius 2 is 2.29 bits per heavy atom. The second-order valence-corrected chi connectivity index (χ2v) is 5.92. The Hall–Kier alpha value is -0.380. The minimum Gasteiger partial charge on any atom is -0.378 e. The maximum absolute atomic E-state index is 6.15. The third kappa shape index (κ3) is 1.85. The van der Waals surface area contributed by atoms with E-state index in [1.807, 2.05) is 0 Å². The fourth-order valence-corrected chi connectivity index (χ4v) is 3.73. The minimum absolute atomic E-state index is 0.191. The summed E-state index contributed by atoms with van der Waals surface area (Å²) in [6.07, 6.45) is 2.16. The highest BCUT2D eigenvalue weighted by Gasteiger charge is 2.42. The van der Waals surface area contributed by atoms with Gasteiger partial charge in [-0.1, -0.05) is 35.0 Å². The Kier molecular flexibility index (Phi) is 3.01. The summed E-state index contributed by atoms with van der Waals surface area (Å²) >= 11 is 3.68. The van der Waals surface area contributed by atoms with Gasteiger partial charge in [0.05, 0.1) is 13.2 Å². The van der Waals surface area contributed by atoms with Crippen LogP contribution in [0.2, 0.25) is 0 Å². The average molecular weight is 297 g/mol. The van der Waals surface area contributed by atoms with E-state index in [4.69, 9.17) is 9.47 Å². The lowest BCUT2D eigenvalue weighted by atomic mass is 9.79. The van der Waals surface area contributed by atoms with Gasteiger partial charge < -0.3 is 9.47 Å². The van der Waals surface area contributed by atoms with E-state index in [-0.39, 0.29) is 5.60 Å². The van der Waals surface area contributed by atoms with Gasteiger partial charge in [-0.2, -0.15) is 0 Å². The van der Waals surface area contributed by atoms with E-state index in [1.54, 1.807) is 0 Å². The summed E-state index contributed by atoms with van der Waals surface area (Å²) in [6, 6.07) is 6.42. The highest BCUT2D eigenvalue weighted by Crippen LogP contribution is 2.45. The van der Waals surface area contributed by atoms with Crippen molar-refractivity contribution in [1.82, 2.24) is 0 Å². The Bertz CT molecular complexity index is 424. The molecule has 2 aliphatic heterocycles. The molecule has 92 valence electrons. The van der Waals surface area contributed by atoms with Gasteiger partial charge in [0.1, 0.15) is 5.60 Å². The maximum Gasteiger partial charge on any atom is 0.117 e. The Balaban J connectivity index is 2.11. The van der Waals surface area contributed by atoms with E-state index >= 15 is 0 Å². The summed E-state index contributed by atoms with van der Waals surface area (Å²) in [7, 11) is 0. The van der Waals surface area contributed by atoms with Gasteiger partial charge in [-0.3, -0.25) is 0 Å². The van der Waals surface area contributed by atoms with Gasteiger partial charge in [-0.05, 0) is 30.0 Å². The predicted molar refractivity (Wildman–Crippen MR) is 70.2 cm³/mol. The third-order valence-corrected chi connectivity index (χ3v) is 4.54. The zero-order valence-electron chi connectivity index (χ0n) is 10.0. The van der Waals surface area contributed by atoms with Gasteiger partial charge in [0.25, 0.3) is 0 Å². The molecule has 0 radical (unpaired) electrons. The molecule has 1 aromatic rings. The molecule has 3 rings (SSSR count). The number of hydrogen-bond donors (Lipinski definition) is 0. The van der Waals surface area contributed by atoms with Crippen molar-refractivity contribution in [3.05, 3.63) is 33.8 Å². The van der Waals surface area contributed by atoms with Crippen molar-refractivity contribution >= 4 is 15.9 Å². The van der Waals surface area contributed by atoms with Crippen LogP contribution in [0, 0.1) is 0 Å². The van der Waals surface area contributed by atoms with Crippen molar-refractivity contribution in [2.45, 2.75) is 31.3 Å². The molecule has 1 aromatic carbocycles. The quantitative estimate of drug-likeness (QED) is 0.728. The van der Waals surface area contributed by atoms with Gasteiger partial charge in [0.15, 0.2) is 0 Å². The molecule has 2 heterocycles. The highest BCUT2D eigenvalue weighted by atomic mass is 79.9. The molecule has 0 bridgehead atoms. The molecule has 0 N–H and O–H groups in total. The molecule has 17 heavy (non-hydrogen) atoms. The summed E-state index contributed by atoms with van der Waals surface area (Å²) in [5, 5.41) is 0. The van der Waals surface area contributed by atoms with Crippen LogP contribution in [0.3, 0.4) is 0 Å². The SMILES string of the molecule is C[C@H]1CO[C@]2(CCCOC2)c2cccc(Br)c21. The summed E-state index contributed by atoms with van der Waals surface area (Å²) in [4.78, 5) is 0. The summed E-state index contributed by atoms with van der Waals surface area (Å²) in [5.41, 5.74) is 2.54. The van der Waals surface area contributed by atoms with E-state index in [1.165, 1.54) is 15.6 Å². The van der Waals surface area contributed by atoms with E-state index in [0.29, 0.717) is 12.5 Å². The lowest BCUT2D eigenvalue weighted by molar-refractivity contribution is -0.145. The van der Waals surface area contributed by atoms with Crippen LogP contribution in [0.5, 0.6) is 0 Å². The maximum atomic E-state index is 6.15. The summed E-state index contributed by atoms with van der Waals surface area (Å²) < 4.78 is 13.0. The molecule has 2 atom stereocenters. The first-order valence-electron chi connectivity index (χ1n) is 6.23. The second kappa shape index (κ2) is 4.38. The number of rotatable bonds is 0. The molecule has 1 fully saturated rings. The van der Waals surface area contributed by atoms with Gasteiger partial charge in [0.2, 0.25) is 0 Å². The number of fused-ring (bicyclic) bond motifs is 2. The highest BCUT2D eigenvalue weighted by molar-refractivity contribution is 9.10. The molecule has 1 saturated heterocycles. The lowest BCUT2D eigenvalue weighted by Gasteiger charge is -2.43. The minimum atomic E-state index is -0.191. The van der Waals surface area contributed by atoms with Gasteiger partial charge in [-0.25, -0.2) is 0 Å². The first kappa shape index (κ1) is 11.7. The van der Waals surface area contributed by atoms with E-state index in [2.05, 4.69) is 41.1 Å². The fraction of sp³-hybridized carbons (Fsp3) is 0.571. The normalized spacial score (nSPS) is 32.5. The van der Waals surface area contributed by atoms with Crippen molar-refractivity contribution in [1.29, 1.82) is 0 Å². The van der Waals surface area contributed by atoms with Crippen molar-refractivity contribution in [2.75, 3.05) is 19.8 Å². The molecule has 1 spiro atoms. The Morgan fingerprint density at radius 1 is 1.41 bits per heavy atom. The van der Waals surface area contributed by atoms with Crippen LogP contribution in [0.4, 0.5) is 0 Å². The molecule has 2 nitrogen and oxygen atoms in total. The van der Waals surface area contributed by atoms with Gasteiger partial charge in [0, 0.05) is 17.0 Å². The van der Waals surface area contributed by atoms with Crippen molar-refractivity contribution in [3.8, 4) is 0 Å². The van der Waals surface area contributed by atoms with Gasteiger partial charge in [-0.15, -0.1) is 0 Å². The monoisotopic (exact) mass is 296 g/mol. The fourth-order valence-electron chi connectivity index (χ4n) is 2.98. The summed E-state index contributed by atoms with van der Waals surface area (Å²) in [5.74, 6) is 0.452. The van der Waals surface area contributed by atoms with Crippen LogP contribution in [0.25, 0.3) is 0 Å². The zero-order valence-corrected chi connectivity index (χ0v) is 11.6. The van der Waals surface area contributed by atoms with Crippen LogP contribution < -0.4 is 0 Å². The molecule has 3 heteroatoms. The van der Waals surface area contributed by atoms with Crippen LogP contribution in [0.1, 0.15) is 36.8 Å². The predicted octanol–water partition coefficient (Wildman–Crippen LogP) is 3.59. The molecular formula is C14H17BrO2. The van der Waals surface area contributed by atoms with Crippen LogP contribution in [0.15, 0.2) is 22.7 Å². The van der Waals surface area contributed by atoms with Crippen molar-refractivity contribution in [2.24, 2.45) is 0 Å². The topological polar surface area (TPSA) is 18.5 Å². The van der Waals surface area contributed by atoms with Crippen LogP contribution in [-0.2, 0) is 15.1 Å². The van der Waals surface area contributed by atoms with Crippen LogP contribution in [-0.4, -0.2) is 19.8 Å². The molecule has 0 unspecified atom stereocenters. The molecule has 0 amide bonds. The average Bonchev–Trinajstić information content (AvgIpc) is 2.36. The van der Waals surface area contributed by atoms with Crippen molar-refractivity contribution < 1.29 is 9.47 Å². The molecular weight excluding hydrogens is 280 g/mol. The number of hydrogen-bond acceptors (Lipinski definition) is 2. The largest absolute Gasteiger partial charge is 0.378 e. The number of halogens is 1. The molecule has 0 aromatic heterocycles. The van der Waals surface area contributed by atoms with Crippen LogP contribution >= 0.6 is 15.9 Å². The van der Waals surface area contributed by atoms with E-state index in [0.717, 1.165) is 26.1 Å². The molecule has 2 aliphatic rings. The summed E-state index contributed by atoms with van der Waals surface area (Å²) in [6.45, 7) is 4.58. The smallest absolute Gasteiger partial charge is 0.117 e. The van der Waals surface area contributed by atoms with E-state index < -0.39 is 0 Å². The Morgan fingerprint density at radius 3 is 3.06 bits per heavy atom. The number of benzene rings is 1. The molecule has 0 aliphatic carbocycles. The van der Waals surface area contributed by atoms with Gasteiger partial charge >= 0.3 is 0 Å². The lowest BCUT2D eigenvalue weighted by Crippen LogP contribution is -2.43. The second-order valence-electron chi connectivity index (χ2n) is 5.06. The number of ether oxygens (including phenoxy) is 2. The Labute approximate surface area is 110 Å². The zero-order chi connectivity index (χ0) is 11.9. The standard InChI is InChI=1S/C14H17BrO2/c1-10-8-17-14(6-3-7-16-9-14)11-4-2-5-12(15)13(10)11/h2,4-5,10H,3,6-9H2,1H3/t10-,14-/m0/s1. The third-order valence-electron chi connectivity index (χ3n) is 3.85. The van der Waals surface area contributed by atoms with E-state index in [9.17, 15) is 0 Å².